The Kier molecular flexibility index (Phi) is 6.14. The van der Waals surface area contributed by atoms with Gasteiger partial charge in [-0.3, -0.25) is 4.79 Å². The average molecular weight is 505 g/mol. The summed E-state index contributed by atoms with van der Waals surface area (Å²) in [6, 6.07) is 3.80. The maximum atomic E-state index is 14.6. The molecule has 1 aromatic carbocycles. The van der Waals surface area contributed by atoms with E-state index in [1.807, 2.05) is 0 Å². The molecule has 1 amide bonds. The number of fused-ring (bicyclic) bond motifs is 1. The number of rotatable bonds is 4. The summed E-state index contributed by atoms with van der Waals surface area (Å²) < 4.78 is 55.5. The number of pyridine rings is 1. The van der Waals surface area contributed by atoms with Crippen LogP contribution in [-0.4, -0.2) is 57.6 Å². The Morgan fingerprint density at radius 2 is 1.92 bits per heavy atom. The molecule has 2 saturated heterocycles. The van der Waals surface area contributed by atoms with Gasteiger partial charge in [0.1, 0.15) is 12.1 Å². The first-order chi connectivity index (χ1) is 17.1. The van der Waals surface area contributed by atoms with Crippen LogP contribution in [0.1, 0.15) is 60.1 Å². The summed E-state index contributed by atoms with van der Waals surface area (Å²) in [5, 5.41) is 6.83. The zero-order chi connectivity index (χ0) is 25.7. The summed E-state index contributed by atoms with van der Waals surface area (Å²) in [6.07, 6.45) is 2.51. The molecule has 11 heteroatoms. The van der Waals surface area contributed by atoms with Gasteiger partial charge in [-0.15, -0.1) is 0 Å². The van der Waals surface area contributed by atoms with Crippen molar-refractivity contribution in [2.75, 3.05) is 31.6 Å². The van der Waals surface area contributed by atoms with Crippen molar-refractivity contribution in [3.63, 3.8) is 0 Å². The van der Waals surface area contributed by atoms with Crippen molar-refractivity contribution in [3.8, 4) is 0 Å². The van der Waals surface area contributed by atoms with Crippen molar-refractivity contribution in [1.82, 2.24) is 24.8 Å². The second-order valence-corrected chi connectivity index (χ2v) is 9.78. The number of nitrogens with zero attached hydrogens (tertiary/aromatic N) is 5. The van der Waals surface area contributed by atoms with Gasteiger partial charge in [0, 0.05) is 30.4 Å². The number of benzene rings is 1. The summed E-state index contributed by atoms with van der Waals surface area (Å²) in [4.78, 5) is 22.1. The first-order valence-electron chi connectivity index (χ1n) is 12.1. The summed E-state index contributed by atoms with van der Waals surface area (Å²) in [7, 11) is 2.18. The highest BCUT2D eigenvalue weighted by Crippen LogP contribution is 2.39. The van der Waals surface area contributed by atoms with E-state index in [2.05, 4.69) is 32.2 Å². The van der Waals surface area contributed by atoms with Crippen LogP contribution in [0.15, 0.2) is 36.8 Å². The van der Waals surface area contributed by atoms with Gasteiger partial charge in [-0.25, -0.2) is 13.9 Å². The van der Waals surface area contributed by atoms with Crippen LogP contribution >= 0.6 is 0 Å². The van der Waals surface area contributed by atoms with E-state index in [0.717, 1.165) is 44.2 Å². The number of aromatic nitrogens is 3. The van der Waals surface area contributed by atoms with Crippen molar-refractivity contribution < 1.29 is 22.4 Å². The zero-order valence-electron chi connectivity index (χ0n) is 20.1. The van der Waals surface area contributed by atoms with Crippen molar-refractivity contribution in [3.05, 3.63) is 59.3 Å². The first kappa shape index (κ1) is 24.5. The van der Waals surface area contributed by atoms with Gasteiger partial charge in [0.15, 0.2) is 5.65 Å². The molecule has 0 bridgehead atoms. The predicted molar refractivity (Wildman–Crippen MR) is 126 cm³/mol. The molecule has 2 aliphatic rings. The number of piperidine rings is 1. The largest absolute Gasteiger partial charge is 0.419 e. The molecule has 4 heterocycles. The fourth-order valence-corrected chi connectivity index (χ4v) is 5.60. The first-order valence-corrected chi connectivity index (χ1v) is 12.1. The van der Waals surface area contributed by atoms with E-state index < -0.39 is 29.5 Å². The number of carbonyl (C=O) groups excluding carboxylic acids is 1. The lowest BCUT2D eigenvalue weighted by molar-refractivity contribution is -0.140. The summed E-state index contributed by atoms with van der Waals surface area (Å²) >= 11 is 0. The van der Waals surface area contributed by atoms with Crippen LogP contribution in [0.4, 0.5) is 23.2 Å². The third-order valence-corrected chi connectivity index (χ3v) is 7.75. The molecule has 1 atom stereocenters. The van der Waals surface area contributed by atoms with E-state index in [1.54, 1.807) is 6.07 Å². The fourth-order valence-electron chi connectivity index (χ4n) is 5.60. The Hall–Kier alpha value is -3.21. The SMILES string of the molecule is C[C@@H](NC(=O)c1cc(N2CCC3(CCCN3C)CC2)c2ncnn2c1)c1cccc(C(F)(F)F)c1F. The van der Waals surface area contributed by atoms with Crippen LogP contribution in [0.2, 0.25) is 0 Å². The Balaban J connectivity index is 1.38. The van der Waals surface area contributed by atoms with Crippen molar-refractivity contribution in [1.29, 1.82) is 0 Å². The molecule has 0 saturated carbocycles. The lowest BCUT2D eigenvalue weighted by Gasteiger charge is -2.44. The Bertz CT molecular complexity index is 1280. The quantitative estimate of drug-likeness (QED) is 0.532. The third kappa shape index (κ3) is 4.29. The minimum atomic E-state index is -4.82. The second-order valence-electron chi connectivity index (χ2n) is 9.78. The third-order valence-electron chi connectivity index (χ3n) is 7.75. The maximum Gasteiger partial charge on any atom is 0.419 e. The second kappa shape index (κ2) is 9.02. The van der Waals surface area contributed by atoms with E-state index in [4.69, 9.17) is 0 Å². The maximum absolute atomic E-state index is 14.6. The number of anilines is 1. The van der Waals surface area contributed by atoms with Crippen LogP contribution in [-0.2, 0) is 6.18 Å². The van der Waals surface area contributed by atoms with Gasteiger partial charge >= 0.3 is 6.18 Å². The molecule has 0 aliphatic carbocycles. The standard InChI is InChI=1S/C25H28F4N6O/c1-16(18-5-3-6-19(21(18)26)25(27,28)29)32-23(36)17-13-20(22-30-15-31-35(22)14-17)34-11-8-24(9-12-34)7-4-10-33(24)2/h3,5-6,13-16H,4,7-12H2,1-2H3,(H,32,36)/t16-/m1/s1. The van der Waals surface area contributed by atoms with Gasteiger partial charge in [-0.05, 0) is 58.3 Å². The number of alkyl halides is 3. The van der Waals surface area contributed by atoms with Crippen LogP contribution in [0, 0.1) is 5.82 Å². The van der Waals surface area contributed by atoms with E-state index in [0.29, 0.717) is 11.7 Å². The molecule has 36 heavy (non-hydrogen) atoms. The van der Waals surface area contributed by atoms with E-state index in [-0.39, 0.29) is 16.7 Å². The highest BCUT2D eigenvalue weighted by molar-refractivity contribution is 5.96. The van der Waals surface area contributed by atoms with Gasteiger partial charge in [-0.2, -0.15) is 18.3 Å². The Morgan fingerprint density at radius 1 is 1.17 bits per heavy atom. The molecule has 2 fully saturated rings. The molecule has 192 valence electrons. The van der Waals surface area contributed by atoms with Gasteiger partial charge < -0.3 is 15.1 Å². The number of hydrogen-bond acceptors (Lipinski definition) is 5. The van der Waals surface area contributed by atoms with E-state index in [9.17, 15) is 22.4 Å². The molecule has 2 aromatic heterocycles. The summed E-state index contributed by atoms with van der Waals surface area (Å²) in [6.45, 7) is 4.18. The molecule has 0 radical (unpaired) electrons. The Morgan fingerprint density at radius 3 is 2.58 bits per heavy atom. The van der Waals surface area contributed by atoms with Crippen LogP contribution in [0.25, 0.3) is 5.65 Å². The molecule has 5 rings (SSSR count). The molecule has 7 nitrogen and oxygen atoms in total. The molecule has 1 N–H and O–H groups in total. The number of amides is 1. The monoisotopic (exact) mass is 504 g/mol. The average Bonchev–Trinajstić information content (AvgIpc) is 3.45. The molecular formula is C25H28F4N6O. The van der Waals surface area contributed by atoms with Gasteiger partial charge in [0.05, 0.1) is 22.9 Å². The summed E-state index contributed by atoms with van der Waals surface area (Å²) in [5.41, 5.74) is 0.290. The molecular weight excluding hydrogens is 476 g/mol. The zero-order valence-corrected chi connectivity index (χ0v) is 20.1. The van der Waals surface area contributed by atoms with E-state index in [1.165, 1.54) is 42.9 Å². The highest BCUT2D eigenvalue weighted by Gasteiger charge is 2.41. The van der Waals surface area contributed by atoms with Gasteiger partial charge in [-0.1, -0.05) is 12.1 Å². The number of halogens is 4. The van der Waals surface area contributed by atoms with Crippen LogP contribution in [0.3, 0.4) is 0 Å². The molecule has 0 unspecified atom stereocenters. The number of carbonyl (C=O) groups is 1. The molecule has 2 aliphatic heterocycles. The molecule has 3 aromatic rings. The fraction of sp³-hybridized carbons (Fsp3) is 0.480. The Labute approximate surface area is 206 Å². The summed E-state index contributed by atoms with van der Waals surface area (Å²) in [5.74, 6) is -1.92. The predicted octanol–water partition coefficient (Wildman–Crippen LogP) is 4.44. The van der Waals surface area contributed by atoms with Crippen molar-refractivity contribution in [2.24, 2.45) is 0 Å². The van der Waals surface area contributed by atoms with Gasteiger partial charge in [0.25, 0.3) is 5.91 Å². The topological polar surface area (TPSA) is 65.8 Å². The van der Waals surface area contributed by atoms with Crippen molar-refractivity contribution in [2.45, 2.75) is 50.4 Å². The van der Waals surface area contributed by atoms with E-state index >= 15 is 0 Å². The lowest BCUT2D eigenvalue weighted by atomic mass is 9.85. The smallest absolute Gasteiger partial charge is 0.368 e. The van der Waals surface area contributed by atoms with Crippen LogP contribution < -0.4 is 10.2 Å². The number of likely N-dealkylation sites (tertiary alicyclic amines) is 1. The molecule has 1 spiro atoms. The van der Waals surface area contributed by atoms with Crippen LogP contribution in [0.5, 0.6) is 0 Å². The highest BCUT2D eigenvalue weighted by atomic mass is 19.4. The number of hydrogen-bond donors (Lipinski definition) is 1. The van der Waals surface area contributed by atoms with Gasteiger partial charge in [0.2, 0.25) is 0 Å². The number of nitrogens with one attached hydrogen (secondary N) is 1. The minimum Gasteiger partial charge on any atom is -0.368 e. The normalized spacial score (nSPS) is 19.2. The minimum absolute atomic E-state index is 0.222. The van der Waals surface area contributed by atoms with Crippen molar-refractivity contribution >= 4 is 17.2 Å². The lowest BCUT2D eigenvalue weighted by Crippen LogP contribution is -2.50.